The van der Waals surface area contributed by atoms with Gasteiger partial charge in [-0.25, -0.2) is 0 Å². The molecule has 120 valence electrons. The van der Waals surface area contributed by atoms with Crippen LogP contribution < -0.4 is 0 Å². The smallest absolute Gasteiger partial charge is 0.246 e. The molecule has 0 atom stereocenters. The Bertz CT molecular complexity index is 748. The third-order valence-electron chi connectivity index (χ3n) is 3.36. The number of hydrogen-bond donors (Lipinski definition) is 0. The first kappa shape index (κ1) is 15.9. The molecule has 3 rings (SSSR count). The number of thiophene rings is 2. The molecule has 0 fully saturated rings. The predicted octanol–water partition coefficient (Wildman–Crippen LogP) is 3.84. The van der Waals surface area contributed by atoms with Crippen molar-refractivity contribution in [2.75, 3.05) is 0 Å². The Morgan fingerprint density at radius 1 is 1.26 bits per heavy atom. The molecule has 0 spiro atoms. The summed E-state index contributed by atoms with van der Waals surface area (Å²) in [7, 11) is 0. The summed E-state index contributed by atoms with van der Waals surface area (Å²) >= 11 is 3.15. The zero-order chi connectivity index (χ0) is 16.2. The highest BCUT2D eigenvalue weighted by Crippen LogP contribution is 2.22. The van der Waals surface area contributed by atoms with E-state index < -0.39 is 0 Å². The van der Waals surface area contributed by atoms with Crippen LogP contribution in [0.15, 0.2) is 39.5 Å². The third kappa shape index (κ3) is 3.86. The lowest BCUT2D eigenvalue weighted by atomic mass is 10.2. The Kier molecular flexibility index (Phi) is 4.88. The second-order valence-corrected chi connectivity index (χ2v) is 7.34. The molecule has 0 aliphatic carbocycles. The molecule has 3 aromatic rings. The Morgan fingerprint density at radius 2 is 2.04 bits per heavy atom. The monoisotopic (exact) mass is 347 g/mol. The topological polar surface area (TPSA) is 59.2 Å². The van der Waals surface area contributed by atoms with Gasteiger partial charge in [0, 0.05) is 10.9 Å². The molecule has 0 N–H and O–H groups in total. The van der Waals surface area contributed by atoms with Crippen LogP contribution in [0, 0.1) is 0 Å². The number of hydrogen-bond acceptors (Lipinski definition) is 6. The Hall–Kier alpha value is -1.99. The van der Waals surface area contributed by atoms with Crippen molar-refractivity contribution in [2.24, 2.45) is 0 Å². The summed E-state index contributed by atoms with van der Waals surface area (Å²) in [6.07, 6.45) is 0.405. The minimum Gasteiger partial charge on any atom is -0.337 e. The first-order valence-electron chi connectivity index (χ1n) is 7.32. The minimum absolute atomic E-state index is 0.0679. The molecule has 0 unspecified atom stereocenters. The fourth-order valence-corrected chi connectivity index (χ4v) is 3.54. The van der Waals surface area contributed by atoms with Gasteiger partial charge in [0.25, 0.3) is 0 Å². The first-order valence-corrected chi connectivity index (χ1v) is 9.07. The van der Waals surface area contributed by atoms with E-state index in [2.05, 4.69) is 10.1 Å². The van der Waals surface area contributed by atoms with Crippen molar-refractivity contribution in [3.8, 4) is 10.7 Å². The molecule has 0 radical (unpaired) electrons. The molecule has 0 aliphatic heterocycles. The molecule has 0 saturated heterocycles. The molecule has 0 bridgehead atoms. The average Bonchev–Trinajstić information content (AvgIpc) is 3.25. The van der Waals surface area contributed by atoms with E-state index >= 15 is 0 Å². The van der Waals surface area contributed by atoms with Crippen LogP contribution in [0.1, 0.15) is 24.6 Å². The van der Waals surface area contributed by atoms with Gasteiger partial charge in [-0.3, -0.25) is 4.79 Å². The second-order valence-electron chi connectivity index (χ2n) is 5.36. The van der Waals surface area contributed by atoms with Gasteiger partial charge >= 0.3 is 0 Å². The number of aromatic nitrogens is 2. The summed E-state index contributed by atoms with van der Waals surface area (Å²) < 4.78 is 5.31. The normalized spacial score (nSPS) is 11.1. The van der Waals surface area contributed by atoms with Gasteiger partial charge < -0.3 is 9.42 Å². The maximum absolute atomic E-state index is 12.5. The van der Waals surface area contributed by atoms with Gasteiger partial charge in [-0.05, 0) is 36.7 Å². The standard InChI is InChI=1S/C16H17N3O2S2/c1-11(2)19(15(20)9-12-5-3-7-22-12)10-14-17-16(18-21-14)13-6-4-8-23-13/h3-8,11H,9-10H2,1-2H3. The van der Waals surface area contributed by atoms with E-state index in [9.17, 15) is 4.79 Å². The van der Waals surface area contributed by atoms with Gasteiger partial charge in [-0.15, -0.1) is 22.7 Å². The van der Waals surface area contributed by atoms with E-state index in [1.165, 1.54) is 0 Å². The summed E-state index contributed by atoms with van der Waals surface area (Å²) in [5, 5.41) is 7.94. The molecule has 0 aliphatic rings. The van der Waals surface area contributed by atoms with Crippen LogP contribution >= 0.6 is 22.7 Å². The van der Waals surface area contributed by atoms with Crippen molar-refractivity contribution in [1.82, 2.24) is 15.0 Å². The van der Waals surface area contributed by atoms with Crippen LogP contribution in [0.5, 0.6) is 0 Å². The number of nitrogens with zero attached hydrogens (tertiary/aromatic N) is 3. The number of carbonyl (C=O) groups is 1. The van der Waals surface area contributed by atoms with E-state index in [1.54, 1.807) is 27.6 Å². The lowest BCUT2D eigenvalue weighted by Crippen LogP contribution is -2.37. The van der Waals surface area contributed by atoms with Gasteiger partial charge in [-0.1, -0.05) is 17.3 Å². The quantitative estimate of drug-likeness (QED) is 0.680. The first-order chi connectivity index (χ1) is 11.1. The van der Waals surface area contributed by atoms with Crippen LogP contribution in [0.25, 0.3) is 10.7 Å². The van der Waals surface area contributed by atoms with E-state index in [-0.39, 0.29) is 11.9 Å². The van der Waals surface area contributed by atoms with Gasteiger partial charge in [0.1, 0.15) is 6.54 Å². The lowest BCUT2D eigenvalue weighted by Gasteiger charge is -2.24. The second kappa shape index (κ2) is 7.06. The van der Waals surface area contributed by atoms with Crippen molar-refractivity contribution in [1.29, 1.82) is 0 Å². The van der Waals surface area contributed by atoms with Crippen molar-refractivity contribution in [3.05, 3.63) is 45.8 Å². The van der Waals surface area contributed by atoms with Crippen molar-refractivity contribution < 1.29 is 9.32 Å². The lowest BCUT2D eigenvalue weighted by molar-refractivity contribution is -0.133. The van der Waals surface area contributed by atoms with Crippen molar-refractivity contribution in [2.45, 2.75) is 32.9 Å². The summed E-state index contributed by atoms with van der Waals surface area (Å²) in [4.78, 5) is 20.7. The van der Waals surface area contributed by atoms with Crippen LogP contribution in [-0.2, 0) is 17.8 Å². The summed E-state index contributed by atoms with van der Waals surface area (Å²) in [5.74, 6) is 1.10. The molecule has 0 aromatic carbocycles. The fraction of sp³-hybridized carbons (Fsp3) is 0.312. The largest absolute Gasteiger partial charge is 0.337 e. The van der Waals surface area contributed by atoms with Crippen LogP contribution in [0.3, 0.4) is 0 Å². The van der Waals surface area contributed by atoms with Crippen molar-refractivity contribution in [3.63, 3.8) is 0 Å². The SMILES string of the molecule is CC(C)N(Cc1nc(-c2cccs2)no1)C(=O)Cc1cccs1. The Balaban J connectivity index is 1.71. The fourth-order valence-electron chi connectivity index (χ4n) is 2.19. The van der Waals surface area contributed by atoms with E-state index in [1.807, 2.05) is 48.9 Å². The maximum atomic E-state index is 12.5. The number of rotatable bonds is 6. The third-order valence-corrected chi connectivity index (χ3v) is 5.11. The van der Waals surface area contributed by atoms with E-state index in [4.69, 9.17) is 4.52 Å². The van der Waals surface area contributed by atoms with E-state index in [0.717, 1.165) is 9.75 Å². The average molecular weight is 347 g/mol. The molecule has 5 nitrogen and oxygen atoms in total. The Labute approximate surface area is 142 Å². The van der Waals surface area contributed by atoms with Crippen LogP contribution in [0.4, 0.5) is 0 Å². The Morgan fingerprint density at radius 3 is 2.70 bits per heavy atom. The molecule has 7 heteroatoms. The van der Waals surface area contributed by atoms with E-state index in [0.29, 0.717) is 24.7 Å². The van der Waals surface area contributed by atoms with Crippen LogP contribution in [0.2, 0.25) is 0 Å². The molecule has 3 aromatic heterocycles. The van der Waals surface area contributed by atoms with Crippen LogP contribution in [-0.4, -0.2) is 27.0 Å². The molecule has 1 amide bonds. The molecule has 3 heterocycles. The molecule has 23 heavy (non-hydrogen) atoms. The highest BCUT2D eigenvalue weighted by atomic mass is 32.1. The highest BCUT2D eigenvalue weighted by Gasteiger charge is 2.21. The number of amides is 1. The summed E-state index contributed by atoms with van der Waals surface area (Å²) in [6.45, 7) is 4.31. The van der Waals surface area contributed by atoms with Gasteiger partial charge in [0.15, 0.2) is 0 Å². The van der Waals surface area contributed by atoms with Gasteiger partial charge in [0.2, 0.25) is 17.6 Å². The van der Waals surface area contributed by atoms with Gasteiger partial charge in [-0.2, -0.15) is 4.98 Å². The molecular weight excluding hydrogens is 330 g/mol. The summed E-state index contributed by atoms with van der Waals surface area (Å²) in [5.41, 5.74) is 0. The van der Waals surface area contributed by atoms with Gasteiger partial charge in [0.05, 0.1) is 11.3 Å². The molecule has 0 saturated carbocycles. The number of carbonyl (C=O) groups excluding carboxylic acids is 1. The zero-order valence-electron chi connectivity index (χ0n) is 12.9. The maximum Gasteiger partial charge on any atom is 0.246 e. The molecular formula is C16H17N3O2S2. The predicted molar refractivity (Wildman–Crippen MR) is 91.3 cm³/mol. The summed E-state index contributed by atoms with van der Waals surface area (Å²) in [6, 6.07) is 7.89. The zero-order valence-corrected chi connectivity index (χ0v) is 14.6. The van der Waals surface area contributed by atoms with Crippen molar-refractivity contribution >= 4 is 28.6 Å². The minimum atomic E-state index is 0.0679. The highest BCUT2D eigenvalue weighted by molar-refractivity contribution is 7.13.